The maximum atomic E-state index is 11.0. The van der Waals surface area contributed by atoms with Gasteiger partial charge in [0, 0.05) is 47.8 Å². The summed E-state index contributed by atoms with van der Waals surface area (Å²) in [5, 5.41) is 62.4. The zero-order valence-corrected chi connectivity index (χ0v) is 20.0. The monoisotopic (exact) mass is 528 g/mol. The molecule has 0 heterocycles. The summed E-state index contributed by atoms with van der Waals surface area (Å²) in [6, 6.07) is 16.4. The second-order valence-corrected chi connectivity index (χ2v) is 8.34. The predicted octanol–water partition coefficient (Wildman–Crippen LogP) is 5.42. The maximum absolute atomic E-state index is 11.0. The second kappa shape index (κ2) is 11.1. The third kappa shape index (κ3) is 6.32. The van der Waals surface area contributed by atoms with Gasteiger partial charge < -0.3 is 20.4 Å². The first kappa shape index (κ1) is 26.3. The lowest BCUT2D eigenvalue weighted by Crippen LogP contribution is -1.91. The lowest BCUT2D eigenvalue weighted by Gasteiger charge is -2.07. The van der Waals surface area contributed by atoms with Gasteiger partial charge in [0.2, 0.25) is 0 Å². The molecule has 12 heteroatoms. The van der Waals surface area contributed by atoms with Crippen molar-refractivity contribution in [3.8, 4) is 23.0 Å². The molecule has 0 radical (unpaired) electrons. The standard InChI is InChI=1S/C27H20N4O8/c32-24-7-3-20(30(36)37)12-18(24)14-28-22-10-16(1-5-26(22)34)9-17-2-6-27(35)23(11-17)29-15-19-13-21(31(38)39)4-8-25(19)33/h1-8,10-15,32-35H,9H2. The number of hydrogen-bond acceptors (Lipinski definition) is 10. The number of nitrogens with zero attached hydrogens (tertiary/aromatic N) is 4. The van der Waals surface area contributed by atoms with Crippen LogP contribution in [0.4, 0.5) is 22.7 Å². The lowest BCUT2D eigenvalue weighted by molar-refractivity contribution is -0.385. The molecule has 12 nitrogen and oxygen atoms in total. The summed E-state index contributed by atoms with van der Waals surface area (Å²) in [7, 11) is 0. The quantitative estimate of drug-likeness (QED) is 0.132. The van der Waals surface area contributed by atoms with Gasteiger partial charge >= 0.3 is 0 Å². The third-order valence-electron chi connectivity index (χ3n) is 5.62. The Morgan fingerprint density at radius 2 is 0.974 bits per heavy atom. The third-order valence-corrected chi connectivity index (χ3v) is 5.62. The van der Waals surface area contributed by atoms with Crippen LogP contribution in [0.3, 0.4) is 0 Å². The van der Waals surface area contributed by atoms with Crippen LogP contribution in [0.2, 0.25) is 0 Å². The van der Waals surface area contributed by atoms with Crippen molar-refractivity contribution < 1.29 is 30.3 Å². The number of phenols is 4. The Balaban J connectivity index is 1.57. The van der Waals surface area contributed by atoms with Crippen molar-refractivity contribution in [3.63, 3.8) is 0 Å². The van der Waals surface area contributed by atoms with Gasteiger partial charge in [-0.1, -0.05) is 12.1 Å². The summed E-state index contributed by atoms with van der Waals surface area (Å²) in [6.45, 7) is 0. The van der Waals surface area contributed by atoms with Crippen LogP contribution in [0.5, 0.6) is 23.0 Å². The zero-order valence-electron chi connectivity index (χ0n) is 20.0. The van der Waals surface area contributed by atoms with Crippen molar-refractivity contribution in [1.29, 1.82) is 0 Å². The minimum Gasteiger partial charge on any atom is -0.507 e. The largest absolute Gasteiger partial charge is 0.507 e. The highest BCUT2D eigenvalue weighted by molar-refractivity contribution is 5.87. The van der Waals surface area contributed by atoms with Crippen LogP contribution >= 0.6 is 0 Å². The summed E-state index contributed by atoms with van der Waals surface area (Å²) in [5.41, 5.74) is 1.53. The van der Waals surface area contributed by atoms with Gasteiger partial charge in [-0.05, 0) is 53.9 Å². The second-order valence-electron chi connectivity index (χ2n) is 8.34. The Kier molecular flexibility index (Phi) is 7.47. The molecule has 4 aromatic rings. The van der Waals surface area contributed by atoms with Crippen molar-refractivity contribution in [1.82, 2.24) is 0 Å². The van der Waals surface area contributed by atoms with Crippen molar-refractivity contribution in [2.45, 2.75) is 6.42 Å². The first-order valence-electron chi connectivity index (χ1n) is 11.3. The van der Waals surface area contributed by atoms with Crippen molar-refractivity contribution in [2.75, 3.05) is 0 Å². The number of rotatable bonds is 8. The molecule has 4 aromatic carbocycles. The van der Waals surface area contributed by atoms with E-state index in [1.807, 2.05) is 0 Å². The van der Waals surface area contributed by atoms with Crippen LogP contribution in [0.25, 0.3) is 0 Å². The summed E-state index contributed by atoms with van der Waals surface area (Å²) >= 11 is 0. The molecule has 0 atom stereocenters. The molecule has 0 aliphatic rings. The van der Waals surface area contributed by atoms with Gasteiger partial charge in [0.05, 0.1) is 9.85 Å². The molecular weight excluding hydrogens is 508 g/mol. The van der Waals surface area contributed by atoms with E-state index in [0.717, 1.165) is 35.4 Å². The Morgan fingerprint density at radius 1 is 0.590 bits per heavy atom. The van der Waals surface area contributed by atoms with Crippen LogP contribution in [0.15, 0.2) is 82.8 Å². The number of aliphatic imine (C=N–C) groups is 2. The van der Waals surface area contributed by atoms with Crippen LogP contribution < -0.4 is 0 Å². The van der Waals surface area contributed by atoms with E-state index in [1.165, 1.54) is 36.7 Å². The SMILES string of the molecule is O=[N+]([O-])c1ccc(O)c(C=Nc2cc(Cc3ccc(O)c(N=Cc4cc([N+](=O)[O-])ccc4O)c3)ccc2O)c1. The molecule has 0 aliphatic carbocycles. The number of benzene rings is 4. The molecule has 0 aromatic heterocycles. The number of aromatic hydroxyl groups is 4. The highest BCUT2D eigenvalue weighted by atomic mass is 16.6. The van der Waals surface area contributed by atoms with Crippen molar-refractivity contribution in [2.24, 2.45) is 9.98 Å². The summed E-state index contributed by atoms with van der Waals surface area (Å²) < 4.78 is 0. The molecule has 0 fully saturated rings. The molecule has 196 valence electrons. The highest BCUT2D eigenvalue weighted by Crippen LogP contribution is 2.32. The first-order valence-corrected chi connectivity index (χ1v) is 11.3. The highest BCUT2D eigenvalue weighted by Gasteiger charge is 2.11. The maximum Gasteiger partial charge on any atom is 0.270 e. The Morgan fingerprint density at radius 3 is 1.36 bits per heavy atom. The summed E-state index contributed by atoms with van der Waals surface area (Å²) in [5.74, 6) is -0.716. The predicted molar refractivity (Wildman–Crippen MR) is 143 cm³/mol. The molecule has 4 rings (SSSR count). The van der Waals surface area contributed by atoms with E-state index in [4.69, 9.17) is 0 Å². The summed E-state index contributed by atoms with van der Waals surface area (Å²) in [6.07, 6.45) is 2.76. The van der Waals surface area contributed by atoms with Crippen LogP contribution in [0.1, 0.15) is 22.3 Å². The number of phenolic OH excluding ortho intramolecular Hbond substituents is 4. The van der Waals surface area contributed by atoms with Gasteiger partial charge in [0.25, 0.3) is 11.4 Å². The molecule has 0 unspecified atom stereocenters. The molecule has 4 N–H and O–H groups in total. The molecular formula is C27H20N4O8. The van der Waals surface area contributed by atoms with Gasteiger partial charge in [-0.3, -0.25) is 30.2 Å². The van der Waals surface area contributed by atoms with E-state index in [-0.39, 0.29) is 56.9 Å². The van der Waals surface area contributed by atoms with E-state index in [0.29, 0.717) is 6.42 Å². The molecule has 0 saturated heterocycles. The van der Waals surface area contributed by atoms with Crippen LogP contribution in [0, 0.1) is 20.2 Å². The topological polar surface area (TPSA) is 192 Å². The van der Waals surface area contributed by atoms with Gasteiger partial charge in [-0.2, -0.15) is 0 Å². The number of nitro groups is 2. The molecule has 0 bridgehead atoms. The van der Waals surface area contributed by atoms with Gasteiger partial charge in [-0.25, -0.2) is 0 Å². The average molecular weight is 528 g/mol. The van der Waals surface area contributed by atoms with E-state index >= 15 is 0 Å². The van der Waals surface area contributed by atoms with E-state index in [2.05, 4.69) is 9.98 Å². The lowest BCUT2D eigenvalue weighted by atomic mass is 10.0. The molecule has 0 saturated carbocycles. The normalized spacial score (nSPS) is 11.3. The summed E-state index contributed by atoms with van der Waals surface area (Å²) in [4.78, 5) is 29.1. The van der Waals surface area contributed by atoms with Gasteiger partial charge in [0.15, 0.2) is 0 Å². The van der Waals surface area contributed by atoms with Crippen LogP contribution in [-0.4, -0.2) is 42.7 Å². The fraction of sp³-hybridized carbons (Fsp3) is 0.0370. The minimum atomic E-state index is -0.600. The number of non-ortho nitro benzene ring substituents is 2. The minimum absolute atomic E-state index is 0.102. The van der Waals surface area contributed by atoms with Crippen molar-refractivity contribution >= 4 is 35.2 Å². The zero-order chi connectivity index (χ0) is 28.1. The van der Waals surface area contributed by atoms with E-state index < -0.39 is 9.85 Å². The van der Waals surface area contributed by atoms with Crippen LogP contribution in [-0.2, 0) is 6.42 Å². The fourth-order valence-corrected chi connectivity index (χ4v) is 3.60. The molecule has 0 amide bonds. The molecule has 0 aliphatic heterocycles. The van der Waals surface area contributed by atoms with E-state index in [9.17, 15) is 40.7 Å². The number of hydrogen-bond donors (Lipinski definition) is 4. The Bertz CT molecular complexity index is 1530. The van der Waals surface area contributed by atoms with Gasteiger partial charge in [0.1, 0.15) is 34.4 Å². The number of nitro benzene ring substituents is 2. The Hall–Kier alpha value is -5.78. The molecule has 39 heavy (non-hydrogen) atoms. The van der Waals surface area contributed by atoms with E-state index in [1.54, 1.807) is 24.3 Å². The first-order chi connectivity index (χ1) is 18.6. The average Bonchev–Trinajstić information content (AvgIpc) is 2.90. The van der Waals surface area contributed by atoms with Crippen molar-refractivity contribution in [3.05, 3.63) is 115 Å². The van der Waals surface area contributed by atoms with Gasteiger partial charge in [-0.15, -0.1) is 0 Å². The smallest absolute Gasteiger partial charge is 0.270 e. The fourth-order valence-electron chi connectivity index (χ4n) is 3.60. The Labute approximate surface area is 220 Å². The molecule has 0 spiro atoms.